The lowest BCUT2D eigenvalue weighted by molar-refractivity contribution is -0.128. The molecule has 1 N–H and O–H groups in total. The molecule has 3 fully saturated rings. The van der Waals surface area contributed by atoms with Crippen LogP contribution in [-0.4, -0.2) is 13.0 Å². The van der Waals surface area contributed by atoms with E-state index in [0.717, 1.165) is 12.8 Å². The van der Waals surface area contributed by atoms with Gasteiger partial charge in [0, 0.05) is 13.0 Å². The molecule has 0 aromatic heterocycles. The van der Waals surface area contributed by atoms with E-state index in [0.29, 0.717) is 11.8 Å². The quantitative estimate of drug-likeness (QED) is 0.610. The Kier molecular flexibility index (Phi) is 2.14. The zero-order valence-corrected chi connectivity index (χ0v) is 8.18. The molecule has 0 unspecified atom stereocenters. The predicted molar refractivity (Wildman–Crippen MR) is 52.1 cm³/mol. The molecule has 3 aliphatic rings. The first kappa shape index (κ1) is 8.79. The summed E-state index contributed by atoms with van der Waals surface area (Å²) in [5.74, 6) is 1.72. The maximum Gasteiger partial charge on any atom is 0.223 e. The van der Waals surface area contributed by atoms with E-state index in [2.05, 4.69) is 11.9 Å². The van der Waals surface area contributed by atoms with Gasteiger partial charge < -0.3 is 5.32 Å². The van der Waals surface area contributed by atoms with Gasteiger partial charge in [0.2, 0.25) is 5.91 Å². The Morgan fingerprint density at radius 3 is 2.77 bits per heavy atom. The highest BCUT2D eigenvalue weighted by molar-refractivity contribution is 5.79. The van der Waals surface area contributed by atoms with Crippen LogP contribution in [0, 0.1) is 17.8 Å². The van der Waals surface area contributed by atoms with E-state index in [-0.39, 0.29) is 11.8 Å². The first-order valence-corrected chi connectivity index (χ1v) is 5.11. The highest BCUT2D eigenvalue weighted by atomic mass is 16.1. The van der Waals surface area contributed by atoms with Crippen LogP contribution >= 0.6 is 0 Å². The van der Waals surface area contributed by atoms with E-state index in [1.807, 2.05) is 0 Å². The summed E-state index contributed by atoms with van der Waals surface area (Å²) < 4.78 is 0. The molecule has 0 aromatic carbocycles. The van der Waals surface area contributed by atoms with Gasteiger partial charge in [0.05, 0.1) is 0 Å². The number of hydrogen-bond donors (Lipinski definition) is 1. The summed E-state index contributed by atoms with van der Waals surface area (Å²) in [5.41, 5.74) is 1.39. The number of carbonyl (C=O) groups excluding carboxylic acids is 1. The van der Waals surface area contributed by atoms with E-state index in [9.17, 15) is 4.79 Å². The highest BCUT2D eigenvalue weighted by Crippen LogP contribution is 2.47. The molecule has 0 aromatic rings. The van der Waals surface area contributed by atoms with Crippen molar-refractivity contribution in [3.63, 3.8) is 0 Å². The lowest BCUT2D eigenvalue weighted by Crippen LogP contribution is -2.41. The summed E-state index contributed by atoms with van der Waals surface area (Å²) in [6.07, 6.45) is 4.62. The summed E-state index contributed by atoms with van der Waals surface area (Å²) >= 11 is 0. The zero-order valence-electron chi connectivity index (χ0n) is 8.18. The van der Waals surface area contributed by atoms with Gasteiger partial charge in [-0.05, 0) is 37.5 Å². The van der Waals surface area contributed by atoms with Gasteiger partial charge >= 0.3 is 0 Å². The van der Waals surface area contributed by atoms with Crippen LogP contribution in [0.1, 0.15) is 25.7 Å². The molecule has 0 aliphatic heterocycles. The minimum absolute atomic E-state index is 0.238. The molecule has 0 radical (unpaired) electrons. The minimum Gasteiger partial charge on any atom is -0.359 e. The molecule has 3 rings (SSSR count). The Labute approximate surface area is 79.4 Å². The Morgan fingerprint density at radius 2 is 2.31 bits per heavy atom. The van der Waals surface area contributed by atoms with Gasteiger partial charge in [0.15, 0.2) is 0 Å². The standard InChI is InChI=1S/C11H17NO/c1-7-5-9-4-3-8(7)6-10(9)11(13)12-2/h8-10H,1,3-6H2,2H3,(H,12,13)/t8-,9-,10-/m1/s1. The van der Waals surface area contributed by atoms with Gasteiger partial charge in [-0.2, -0.15) is 0 Å². The highest BCUT2D eigenvalue weighted by Gasteiger charge is 2.40. The fourth-order valence-electron chi connectivity index (χ4n) is 2.86. The van der Waals surface area contributed by atoms with E-state index in [1.54, 1.807) is 7.05 Å². The van der Waals surface area contributed by atoms with Crippen LogP contribution in [0.2, 0.25) is 0 Å². The van der Waals surface area contributed by atoms with Gasteiger partial charge in [0.25, 0.3) is 0 Å². The summed E-state index contributed by atoms with van der Waals surface area (Å²) in [4.78, 5) is 11.5. The average molecular weight is 179 g/mol. The smallest absolute Gasteiger partial charge is 0.223 e. The molecule has 72 valence electrons. The molecule has 3 atom stereocenters. The normalized spacial score (nSPS) is 37.6. The Balaban J connectivity index is 2.10. The van der Waals surface area contributed by atoms with Crippen LogP contribution in [0.25, 0.3) is 0 Å². The molecule has 13 heavy (non-hydrogen) atoms. The SMILES string of the molecule is C=C1C[C@H]2CC[C@@H]1C[C@H]2C(=O)NC. The van der Waals surface area contributed by atoms with Gasteiger partial charge in [-0.25, -0.2) is 0 Å². The van der Waals surface area contributed by atoms with Crippen LogP contribution in [0.5, 0.6) is 0 Å². The van der Waals surface area contributed by atoms with Crippen molar-refractivity contribution in [2.24, 2.45) is 17.8 Å². The van der Waals surface area contributed by atoms with Gasteiger partial charge in [0.1, 0.15) is 0 Å². The first-order chi connectivity index (χ1) is 6.22. The van der Waals surface area contributed by atoms with Crippen LogP contribution < -0.4 is 5.32 Å². The maximum absolute atomic E-state index is 11.5. The molecule has 0 heterocycles. The average Bonchev–Trinajstić information content (AvgIpc) is 2.17. The molecule has 0 spiro atoms. The third-order valence-electron chi connectivity index (χ3n) is 3.68. The molecule has 0 saturated heterocycles. The van der Waals surface area contributed by atoms with Crippen molar-refractivity contribution in [1.82, 2.24) is 5.32 Å². The Morgan fingerprint density at radius 1 is 1.54 bits per heavy atom. The van der Waals surface area contributed by atoms with Crippen molar-refractivity contribution in [3.8, 4) is 0 Å². The lowest BCUT2D eigenvalue weighted by atomic mass is 9.62. The van der Waals surface area contributed by atoms with Crippen molar-refractivity contribution in [3.05, 3.63) is 12.2 Å². The third kappa shape index (κ3) is 1.38. The van der Waals surface area contributed by atoms with Crippen LogP contribution in [0.15, 0.2) is 12.2 Å². The van der Waals surface area contributed by atoms with Crippen molar-refractivity contribution in [2.45, 2.75) is 25.7 Å². The minimum atomic E-state index is 0.238. The van der Waals surface area contributed by atoms with Gasteiger partial charge in [-0.1, -0.05) is 12.2 Å². The van der Waals surface area contributed by atoms with Crippen molar-refractivity contribution in [1.29, 1.82) is 0 Å². The molecule has 2 heteroatoms. The number of carbonyl (C=O) groups is 1. The van der Waals surface area contributed by atoms with Crippen LogP contribution in [-0.2, 0) is 4.79 Å². The number of nitrogens with one attached hydrogen (secondary N) is 1. The third-order valence-corrected chi connectivity index (χ3v) is 3.68. The van der Waals surface area contributed by atoms with E-state index in [1.165, 1.54) is 18.4 Å². The summed E-state index contributed by atoms with van der Waals surface area (Å²) in [7, 11) is 1.74. The fourth-order valence-corrected chi connectivity index (χ4v) is 2.86. The van der Waals surface area contributed by atoms with E-state index in [4.69, 9.17) is 0 Å². The van der Waals surface area contributed by atoms with Crippen molar-refractivity contribution >= 4 is 5.91 Å². The molecular formula is C11H17NO. The number of amides is 1. The number of allylic oxidation sites excluding steroid dienone is 1. The molecule has 3 saturated carbocycles. The Hall–Kier alpha value is -0.790. The van der Waals surface area contributed by atoms with E-state index >= 15 is 0 Å². The van der Waals surface area contributed by atoms with Crippen LogP contribution in [0.4, 0.5) is 0 Å². The monoisotopic (exact) mass is 179 g/mol. The predicted octanol–water partition coefficient (Wildman–Crippen LogP) is 1.72. The number of rotatable bonds is 1. The number of hydrogen-bond acceptors (Lipinski definition) is 1. The lowest BCUT2D eigenvalue weighted by Gasteiger charge is -2.42. The summed E-state index contributed by atoms with van der Waals surface area (Å²) in [6.45, 7) is 4.08. The second-order valence-electron chi connectivity index (χ2n) is 4.35. The second-order valence-corrected chi connectivity index (χ2v) is 4.35. The van der Waals surface area contributed by atoms with Gasteiger partial charge in [-0.15, -0.1) is 0 Å². The molecule has 1 amide bonds. The zero-order chi connectivity index (χ0) is 9.42. The molecule has 3 aliphatic carbocycles. The maximum atomic E-state index is 11.5. The van der Waals surface area contributed by atoms with Crippen molar-refractivity contribution in [2.75, 3.05) is 7.05 Å². The van der Waals surface area contributed by atoms with Gasteiger partial charge in [-0.3, -0.25) is 4.79 Å². The molecule has 2 bridgehead atoms. The van der Waals surface area contributed by atoms with Crippen molar-refractivity contribution < 1.29 is 4.79 Å². The second kappa shape index (κ2) is 3.17. The van der Waals surface area contributed by atoms with Crippen LogP contribution in [0.3, 0.4) is 0 Å². The first-order valence-electron chi connectivity index (χ1n) is 5.11. The molecule has 2 nitrogen and oxygen atoms in total. The largest absolute Gasteiger partial charge is 0.359 e. The Bertz CT molecular complexity index is 246. The topological polar surface area (TPSA) is 29.1 Å². The number of fused-ring (bicyclic) bond motifs is 3. The summed E-state index contributed by atoms with van der Waals surface area (Å²) in [6, 6.07) is 0. The molecular weight excluding hydrogens is 162 g/mol. The fraction of sp³-hybridized carbons (Fsp3) is 0.727. The van der Waals surface area contributed by atoms with E-state index < -0.39 is 0 Å². The summed E-state index contributed by atoms with van der Waals surface area (Å²) in [5, 5.41) is 2.77.